The third-order valence-corrected chi connectivity index (χ3v) is 5.62. The Morgan fingerprint density at radius 3 is 2.22 bits per heavy atom. The lowest BCUT2D eigenvalue weighted by molar-refractivity contribution is -0.187. The normalized spacial score (nSPS) is 32.0. The summed E-state index contributed by atoms with van der Waals surface area (Å²) in [5, 5.41) is 3.27. The standard InChI is InChI=1S/C16H27F3N4/c17-16(18,19)11-5-7-23(8-6-11)14-9-13(10-14)22-15(20)21-12-3-1-2-4-12/h11-14H,1-10H2,(H3,20,21,22). The molecule has 0 aromatic rings. The maximum absolute atomic E-state index is 12.7. The lowest BCUT2D eigenvalue weighted by Gasteiger charge is -2.46. The predicted octanol–water partition coefficient (Wildman–Crippen LogP) is 2.64. The van der Waals surface area contributed by atoms with E-state index in [0.29, 0.717) is 37.2 Å². The van der Waals surface area contributed by atoms with Crippen LogP contribution in [0.15, 0.2) is 4.99 Å². The van der Waals surface area contributed by atoms with Crippen molar-refractivity contribution in [3.8, 4) is 0 Å². The van der Waals surface area contributed by atoms with E-state index >= 15 is 0 Å². The Kier molecular flexibility index (Phi) is 5.04. The van der Waals surface area contributed by atoms with Crippen LogP contribution in [0.4, 0.5) is 13.2 Å². The van der Waals surface area contributed by atoms with Crippen LogP contribution in [-0.4, -0.2) is 48.3 Å². The summed E-state index contributed by atoms with van der Waals surface area (Å²) in [6.07, 6.45) is 3.10. The second-order valence-corrected chi connectivity index (χ2v) is 7.27. The van der Waals surface area contributed by atoms with Gasteiger partial charge in [-0.3, -0.25) is 4.99 Å². The third kappa shape index (κ3) is 4.31. The molecule has 0 amide bonds. The van der Waals surface area contributed by atoms with Gasteiger partial charge in [-0.15, -0.1) is 0 Å². The number of alkyl halides is 3. The molecule has 3 N–H and O–H groups in total. The molecule has 3 fully saturated rings. The van der Waals surface area contributed by atoms with Gasteiger partial charge in [0.15, 0.2) is 5.96 Å². The van der Waals surface area contributed by atoms with Gasteiger partial charge in [0.2, 0.25) is 0 Å². The highest BCUT2D eigenvalue weighted by Crippen LogP contribution is 2.36. The number of hydrogen-bond acceptors (Lipinski definition) is 2. The summed E-state index contributed by atoms with van der Waals surface area (Å²) >= 11 is 0. The topological polar surface area (TPSA) is 53.6 Å². The van der Waals surface area contributed by atoms with Crippen LogP contribution < -0.4 is 11.1 Å². The van der Waals surface area contributed by atoms with E-state index in [2.05, 4.69) is 15.2 Å². The van der Waals surface area contributed by atoms with Crippen LogP contribution in [0.3, 0.4) is 0 Å². The van der Waals surface area contributed by atoms with E-state index in [0.717, 1.165) is 25.7 Å². The van der Waals surface area contributed by atoms with E-state index in [-0.39, 0.29) is 12.8 Å². The molecule has 0 bridgehead atoms. The number of likely N-dealkylation sites (tertiary alicyclic amines) is 1. The average molecular weight is 332 g/mol. The Hall–Kier alpha value is -0.980. The van der Waals surface area contributed by atoms with Gasteiger partial charge in [0.1, 0.15) is 0 Å². The van der Waals surface area contributed by atoms with Crippen LogP contribution in [0.25, 0.3) is 0 Å². The maximum atomic E-state index is 12.7. The largest absolute Gasteiger partial charge is 0.391 e. The molecule has 1 heterocycles. The van der Waals surface area contributed by atoms with Crippen LogP contribution in [0.2, 0.25) is 0 Å². The Labute approximate surface area is 135 Å². The van der Waals surface area contributed by atoms with Crippen molar-refractivity contribution in [3.63, 3.8) is 0 Å². The van der Waals surface area contributed by atoms with Crippen molar-refractivity contribution in [2.24, 2.45) is 16.6 Å². The summed E-state index contributed by atoms with van der Waals surface area (Å²) in [7, 11) is 0. The van der Waals surface area contributed by atoms with Gasteiger partial charge in [0, 0.05) is 12.1 Å². The van der Waals surface area contributed by atoms with Gasteiger partial charge >= 0.3 is 6.18 Å². The highest BCUT2D eigenvalue weighted by molar-refractivity contribution is 5.78. The van der Waals surface area contributed by atoms with Crippen molar-refractivity contribution in [2.45, 2.75) is 75.7 Å². The molecule has 0 aromatic carbocycles. The molecule has 4 nitrogen and oxygen atoms in total. The predicted molar refractivity (Wildman–Crippen MR) is 84.2 cm³/mol. The van der Waals surface area contributed by atoms with Crippen molar-refractivity contribution in [1.82, 2.24) is 10.2 Å². The Bertz CT molecular complexity index is 418. The summed E-state index contributed by atoms with van der Waals surface area (Å²) in [5.74, 6) is -0.571. The summed E-state index contributed by atoms with van der Waals surface area (Å²) in [5.41, 5.74) is 5.95. The molecular weight excluding hydrogens is 305 g/mol. The van der Waals surface area contributed by atoms with E-state index in [9.17, 15) is 13.2 Å². The smallest absolute Gasteiger partial charge is 0.370 e. The first kappa shape index (κ1) is 16.9. The fourth-order valence-electron chi connectivity index (χ4n) is 4.07. The minimum absolute atomic E-state index is 0.239. The molecule has 2 saturated carbocycles. The third-order valence-electron chi connectivity index (χ3n) is 5.62. The molecule has 0 unspecified atom stereocenters. The first-order valence-corrected chi connectivity index (χ1v) is 8.82. The lowest BCUT2D eigenvalue weighted by Crippen LogP contribution is -2.57. The Morgan fingerprint density at radius 1 is 1.04 bits per heavy atom. The van der Waals surface area contributed by atoms with Crippen molar-refractivity contribution in [2.75, 3.05) is 13.1 Å². The summed E-state index contributed by atoms with van der Waals surface area (Å²) in [6, 6.07) is 1.10. The zero-order valence-corrected chi connectivity index (χ0v) is 13.5. The molecule has 1 saturated heterocycles. The lowest BCUT2D eigenvalue weighted by atomic mass is 9.83. The number of aliphatic imine (C=N–C) groups is 1. The van der Waals surface area contributed by atoms with Gasteiger partial charge in [-0.05, 0) is 51.6 Å². The Morgan fingerprint density at radius 2 is 1.65 bits per heavy atom. The number of halogens is 3. The zero-order valence-electron chi connectivity index (χ0n) is 13.5. The van der Waals surface area contributed by atoms with E-state index in [4.69, 9.17) is 5.73 Å². The first-order chi connectivity index (χ1) is 10.9. The van der Waals surface area contributed by atoms with Crippen molar-refractivity contribution in [3.05, 3.63) is 0 Å². The number of nitrogens with two attached hydrogens (primary N) is 1. The highest BCUT2D eigenvalue weighted by Gasteiger charge is 2.43. The molecule has 23 heavy (non-hydrogen) atoms. The molecule has 1 aliphatic heterocycles. The van der Waals surface area contributed by atoms with E-state index < -0.39 is 12.1 Å². The van der Waals surface area contributed by atoms with E-state index in [1.165, 1.54) is 12.8 Å². The fraction of sp³-hybridized carbons (Fsp3) is 0.938. The zero-order chi connectivity index (χ0) is 16.4. The molecule has 0 spiro atoms. The first-order valence-electron chi connectivity index (χ1n) is 8.82. The molecule has 7 heteroatoms. The molecular formula is C16H27F3N4. The number of nitrogens with zero attached hydrogens (tertiary/aromatic N) is 2. The van der Waals surface area contributed by atoms with Gasteiger partial charge in [0.25, 0.3) is 0 Å². The van der Waals surface area contributed by atoms with Gasteiger partial charge in [-0.1, -0.05) is 12.8 Å². The maximum Gasteiger partial charge on any atom is 0.391 e. The van der Waals surface area contributed by atoms with Crippen LogP contribution in [-0.2, 0) is 0 Å². The van der Waals surface area contributed by atoms with Crippen molar-refractivity contribution >= 4 is 5.96 Å². The Balaban J connectivity index is 1.36. The van der Waals surface area contributed by atoms with Crippen LogP contribution in [0, 0.1) is 5.92 Å². The fourth-order valence-corrected chi connectivity index (χ4v) is 4.07. The van der Waals surface area contributed by atoms with E-state index in [1.54, 1.807) is 0 Å². The van der Waals surface area contributed by atoms with Gasteiger partial charge in [-0.2, -0.15) is 13.2 Å². The molecule has 0 aromatic heterocycles. The van der Waals surface area contributed by atoms with Crippen LogP contribution >= 0.6 is 0 Å². The van der Waals surface area contributed by atoms with Crippen molar-refractivity contribution < 1.29 is 13.2 Å². The summed E-state index contributed by atoms with van der Waals surface area (Å²) in [6.45, 7) is 1.13. The minimum Gasteiger partial charge on any atom is -0.370 e. The summed E-state index contributed by atoms with van der Waals surface area (Å²) < 4.78 is 38.0. The van der Waals surface area contributed by atoms with Gasteiger partial charge in [0.05, 0.1) is 12.0 Å². The van der Waals surface area contributed by atoms with Gasteiger partial charge < -0.3 is 16.0 Å². The quantitative estimate of drug-likeness (QED) is 0.617. The SMILES string of the molecule is NC(=NC1CCCC1)NC1CC(N2CCC(C(F)(F)F)CC2)C1. The monoisotopic (exact) mass is 332 g/mol. The average Bonchev–Trinajstić information content (AvgIpc) is 2.94. The number of hydrogen-bond donors (Lipinski definition) is 2. The van der Waals surface area contributed by atoms with Crippen molar-refractivity contribution in [1.29, 1.82) is 0 Å². The summed E-state index contributed by atoms with van der Waals surface area (Å²) in [4.78, 5) is 6.73. The highest BCUT2D eigenvalue weighted by atomic mass is 19.4. The molecule has 3 rings (SSSR count). The van der Waals surface area contributed by atoms with Gasteiger partial charge in [-0.25, -0.2) is 0 Å². The molecule has 132 valence electrons. The second kappa shape index (κ2) is 6.87. The minimum atomic E-state index is -4.03. The second-order valence-electron chi connectivity index (χ2n) is 7.27. The van der Waals surface area contributed by atoms with Crippen LogP contribution in [0.1, 0.15) is 51.4 Å². The number of piperidine rings is 1. The molecule has 2 aliphatic carbocycles. The van der Waals surface area contributed by atoms with Crippen LogP contribution in [0.5, 0.6) is 0 Å². The number of nitrogens with one attached hydrogen (secondary N) is 1. The number of guanidine groups is 1. The molecule has 0 radical (unpaired) electrons. The molecule has 3 aliphatic rings. The molecule has 0 atom stereocenters. The number of rotatable bonds is 3. The van der Waals surface area contributed by atoms with E-state index in [1.807, 2.05) is 0 Å².